The van der Waals surface area contributed by atoms with Gasteiger partial charge in [-0.3, -0.25) is 19.2 Å². The second kappa shape index (κ2) is 11.2. The zero-order chi connectivity index (χ0) is 28.8. The van der Waals surface area contributed by atoms with Crippen molar-refractivity contribution in [2.45, 2.75) is 23.1 Å². The Kier molecular flexibility index (Phi) is 7.66. The fraction of sp³-hybridized carbons (Fsp3) is 0.172. The molecule has 208 valence electrons. The van der Waals surface area contributed by atoms with E-state index in [1.165, 1.54) is 16.7 Å². The smallest absolute Gasteiger partial charge is 0.305 e. The first-order valence-electron chi connectivity index (χ1n) is 12.5. The third-order valence-corrected chi connectivity index (χ3v) is 10.3. The number of amides is 3. The Labute approximate surface area is 259 Å². The lowest BCUT2D eigenvalue weighted by Crippen LogP contribution is -2.32. The molecule has 0 radical (unpaired) electrons. The number of carbonyl (C=O) groups is 3. The molecule has 0 spiro atoms. The molecular formula is C29H21Br2N3O5S2. The molecule has 2 aliphatic rings. The third kappa shape index (κ3) is 5.41. The van der Waals surface area contributed by atoms with Gasteiger partial charge in [0, 0.05) is 31.0 Å². The number of fused-ring (bicyclic) bond motifs is 2. The molecule has 0 saturated carbocycles. The number of imide groups is 1. The lowest BCUT2D eigenvalue weighted by atomic mass is 9.82. The van der Waals surface area contributed by atoms with Gasteiger partial charge in [0.1, 0.15) is 11.0 Å². The number of H-pyrrole nitrogens is 1. The number of nitrogens with zero attached hydrogens (tertiary/aromatic N) is 1. The quantitative estimate of drug-likeness (QED) is 0.235. The highest BCUT2D eigenvalue weighted by Gasteiger charge is 2.56. The lowest BCUT2D eigenvalue weighted by molar-refractivity contribution is -0.122. The molecule has 2 N–H and O–H groups in total. The van der Waals surface area contributed by atoms with Crippen LogP contribution in [0.25, 0.3) is 0 Å². The Morgan fingerprint density at radius 3 is 2.41 bits per heavy atom. The summed E-state index contributed by atoms with van der Waals surface area (Å²) in [6.45, 7) is 1.69. The number of anilines is 2. The van der Waals surface area contributed by atoms with Crippen molar-refractivity contribution in [3.05, 3.63) is 101 Å². The monoisotopic (exact) mass is 713 g/mol. The molecule has 1 fully saturated rings. The van der Waals surface area contributed by atoms with Gasteiger partial charge >= 0.3 is 4.87 Å². The summed E-state index contributed by atoms with van der Waals surface area (Å²) in [6, 6.07) is 19.7. The standard InChI is InChI=1S/C29H21Br2N3O5S2/c1-14-2-7-17(8-3-14)32-21(35)13-39-20-11-6-16(31)12-19(20)22-23-25(40-26-24(22)41-29(38)33-26)28(37)34(27(23)36)18-9-4-15(30)5-10-18/h2-12,22-23,25H,13H2,1H3,(H,32,35)(H,33,38)/t22-,23?,25?/m1/s1. The number of ether oxygens (including phenoxy) is 1. The van der Waals surface area contributed by atoms with Crippen molar-refractivity contribution in [2.24, 2.45) is 5.92 Å². The normalized spacial score (nSPS) is 19.6. The molecular weight excluding hydrogens is 694 g/mol. The Morgan fingerprint density at radius 2 is 1.68 bits per heavy atom. The fourth-order valence-corrected chi connectivity index (χ4v) is 8.22. The molecule has 3 amide bonds. The van der Waals surface area contributed by atoms with Crippen LogP contribution in [0.15, 0.2) is 85.5 Å². The number of aromatic amines is 1. The zero-order valence-electron chi connectivity index (χ0n) is 21.4. The summed E-state index contributed by atoms with van der Waals surface area (Å²) < 4.78 is 7.57. The van der Waals surface area contributed by atoms with Gasteiger partial charge in [0.15, 0.2) is 6.61 Å². The summed E-state index contributed by atoms with van der Waals surface area (Å²) in [6.07, 6.45) is 0. The first-order chi connectivity index (χ1) is 19.7. The highest BCUT2D eigenvalue weighted by atomic mass is 79.9. The topological polar surface area (TPSA) is 109 Å². The molecule has 1 aromatic heterocycles. The maximum absolute atomic E-state index is 14.0. The zero-order valence-corrected chi connectivity index (χ0v) is 26.2. The summed E-state index contributed by atoms with van der Waals surface area (Å²) in [4.78, 5) is 57.3. The first kappa shape index (κ1) is 28.0. The highest BCUT2D eigenvalue weighted by molar-refractivity contribution is 9.10. The van der Waals surface area contributed by atoms with Crippen molar-refractivity contribution in [1.82, 2.24) is 4.98 Å². The minimum absolute atomic E-state index is 0.271. The number of thioether (sulfide) groups is 1. The number of hydrogen-bond acceptors (Lipinski definition) is 7. The van der Waals surface area contributed by atoms with Gasteiger partial charge in [0.05, 0.1) is 16.6 Å². The van der Waals surface area contributed by atoms with Crippen molar-refractivity contribution in [3.8, 4) is 5.75 Å². The largest absolute Gasteiger partial charge is 0.483 e. The number of carbonyl (C=O) groups excluding carboxylic acids is 3. The van der Waals surface area contributed by atoms with Crippen LogP contribution in [0.1, 0.15) is 21.9 Å². The van der Waals surface area contributed by atoms with E-state index in [0.717, 1.165) is 25.8 Å². The maximum atomic E-state index is 14.0. The SMILES string of the molecule is Cc1ccc(NC(=O)COc2ccc(Br)cc2[C@H]2c3sc(=O)[nH]c3SC3C(=O)N(c4ccc(Br)cc4)C(=O)C32)cc1. The second-order valence-electron chi connectivity index (χ2n) is 9.62. The van der Waals surface area contributed by atoms with Gasteiger partial charge in [0.2, 0.25) is 11.8 Å². The van der Waals surface area contributed by atoms with Crippen molar-refractivity contribution < 1.29 is 19.1 Å². The average molecular weight is 715 g/mol. The van der Waals surface area contributed by atoms with Gasteiger partial charge in [-0.25, -0.2) is 4.90 Å². The predicted molar refractivity (Wildman–Crippen MR) is 166 cm³/mol. The number of benzene rings is 3. The Morgan fingerprint density at radius 1 is 0.976 bits per heavy atom. The number of halogens is 2. The molecule has 6 rings (SSSR count). The van der Waals surface area contributed by atoms with E-state index in [9.17, 15) is 19.2 Å². The highest BCUT2D eigenvalue weighted by Crippen LogP contribution is 2.54. The van der Waals surface area contributed by atoms with Crippen molar-refractivity contribution in [1.29, 1.82) is 0 Å². The number of aromatic nitrogens is 1. The molecule has 1 saturated heterocycles. The molecule has 2 aliphatic heterocycles. The molecule has 0 bridgehead atoms. The number of nitrogens with one attached hydrogen (secondary N) is 2. The molecule has 3 heterocycles. The molecule has 8 nitrogen and oxygen atoms in total. The summed E-state index contributed by atoms with van der Waals surface area (Å²) in [5.74, 6) is -2.09. The Balaban J connectivity index is 1.36. The second-order valence-corrected chi connectivity index (χ2v) is 13.6. The summed E-state index contributed by atoms with van der Waals surface area (Å²) in [5.41, 5.74) is 2.81. The summed E-state index contributed by atoms with van der Waals surface area (Å²) >= 11 is 9.14. The van der Waals surface area contributed by atoms with Gasteiger partial charge < -0.3 is 15.0 Å². The van der Waals surface area contributed by atoms with Crippen LogP contribution in [-0.4, -0.2) is 34.6 Å². The van der Waals surface area contributed by atoms with E-state index < -0.39 is 17.1 Å². The van der Waals surface area contributed by atoms with Gasteiger partial charge in [-0.1, -0.05) is 72.7 Å². The van der Waals surface area contributed by atoms with E-state index >= 15 is 0 Å². The average Bonchev–Trinajstić information content (AvgIpc) is 3.44. The van der Waals surface area contributed by atoms with Crippen LogP contribution >= 0.6 is 55.0 Å². The number of rotatable bonds is 6. The van der Waals surface area contributed by atoms with Crippen LogP contribution in [0.4, 0.5) is 11.4 Å². The van der Waals surface area contributed by atoms with Crippen molar-refractivity contribution in [3.63, 3.8) is 0 Å². The number of thiazole rings is 1. The van der Waals surface area contributed by atoms with Gasteiger partial charge in [0.25, 0.3) is 5.91 Å². The molecule has 2 unspecified atom stereocenters. The first-order valence-corrected chi connectivity index (χ1v) is 15.8. The van der Waals surface area contributed by atoms with Crippen LogP contribution < -0.4 is 19.8 Å². The predicted octanol–water partition coefficient (Wildman–Crippen LogP) is 6.08. The Bertz CT molecular complexity index is 1740. The molecule has 41 heavy (non-hydrogen) atoms. The fourth-order valence-electron chi connectivity index (χ4n) is 5.07. The summed E-state index contributed by atoms with van der Waals surface area (Å²) in [5, 5.41) is 2.64. The van der Waals surface area contributed by atoms with Crippen molar-refractivity contribution in [2.75, 3.05) is 16.8 Å². The van der Waals surface area contributed by atoms with E-state index in [-0.39, 0.29) is 29.2 Å². The van der Waals surface area contributed by atoms with Crippen LogP contribution in [0.3, 0.4) is 0 Å². The Hall–Kier alpha value is -3.19. The number of hydrogen-bond donors (Lipinski definition) is 2. The van der Waals surface area contributed by atoms with Crippen molar-refractivity contribution >= 4 is 84.1 Å². The molecule has 12 heteroatoms. The molecule has 0 aliphatic carbocycles. The minimum Gasteiger partial charge on any atom is -0.483 e. The van der Waals surface area contributed by atoms with E-state index in [2.05, 4.69) is 42.2 Å². The van der Waals surface area contributed by atoms with E-state index in [4.69, 9.17) is 4.74 Å². The van der Waals surface area contributed by atoms with Crippen LogP contribution in [0.5, 0.6) is 5.75 Å². The van der Waals surface area contributed by atoms with E-state index in [1.54, 1.807) is 36.4 Å². The lowest BCUT2D eigenvalue weighted by Gasteiger charge is -2.31. The van der Waals surface area contributed by atoms with Crippen LogP contribution in [0.2, 0.25) is 0 Å². The summed E-state index contributed by atoms with van der Waals surface area (Å²) in [7, 11) is 0. The van der Waals surface area contributed by atoms with Gasteiger partial charge in [-0.05, 0) is 61.5 Å². The van der Waals surface area contributed by atoms with E-state index in [1.807, 2.05) is 37.3 Å². The van der Waals surface area contributed by atoms with Gasteiger partial charge in [-0.2, -0.15) is 0 Å². The third-order valence-electron chi connectivity index (χ3n) is 6.91. The van der Waals surface area contributed by atoms with Crippen LogP contribution in [0, 0.1) is 12.8 Å². The molecule has 4 aromatic rings. The minimum atomic E-state index is -0.784. The van der Waals surface area contributed by atoms with Crippen LogP contribution in [-0.2, 0) is 14.4 Å². The maximum Gasteiger partial charge on any atom is 0.305 e. The van der Waals surface area contributed by atoms with Gasteiger partial charge in [-0.15, -0.1) is 0 Å². The number of aryl methyl sites for hydroxylation is 1. The molecule has 3 atom stereocenters. The van der Waals surface area contributed by atoms with E-state index in [0.29, 0.717) is 32.6 Å². The molecule has 3 aromatic carbocycles.